The number of hydrogen-bond donors (Lipinski definition) is 7. The van der Waals surface area contributed by atoms with Crippen molar-refractivity contribution in [1.82, 2.24) is 16.0 Å². The third kappa shape index (κ3) is 11.3. The van der Waals surface area contributed by atoms with Crippen LogP contribution in [-0.4, -0.2) is 65.9 Å². The van der Waals surface area contributed by atoms with E-state index in [1.807, 2.05) is 0 Å². The van der Waals surface area contributed by atoms with Crippen LogP contribution in [0.3, 0.4) is 0 Å². The summed E-state index contributed by atoms with van der Waals surface area (Å²) in [6, 6.07) is -3.01. The lowest BCUT2D eigenvalue weighted by Gasteiger charge is -2.23. The summed E-state index contributed by atoms with van der Waals surface area (Å²) in [4.78, 5) is 58.5. The summed E-state index contributed by atoms with van der Waals surface area (Å²) in [7, 11) is 0. The van der Waals surface area contributed by atoms with Crippen molar-refractivity contribution in [1.29, 1.82) is 0 Å². The third-order valence-corrected chi connectivity index (χ3v) is 4.29. The molecule has 0 aromatic carbocycles. The number of carboxylic acid groups (broad SMARTS) is 1. The van der Waals surface area contributed by atoms with Crippen LogP contribution in [0.4, 0.5) is 0 Å². The minimum atomic E-state index is -1.33. The molecule has 0 rings (SSSR count). The van der Waals surface area contributed by atoms with Crippen molar-refractivity contribution in [3.05, 3.63) is 0 Å². The van der Waals surface area contributed by atoms with Crippen molar-refractivity contribution < 1.29 is 29.1 Å². The maximum absolute atomic E-state index is 12.4. The van der Waals surface area contributed by atoms with Crippen LogP contribution in [0.2, 0.25) is 0 Å². The fraction of sp³-hybridized carbons (Fsp3) is 0.722. The van der Waals surface area contributed by atoms with Gasteiger partial charge in [-0.15, -0.1) is 0 Å². The average Bonchev–Trinajstić information content (AvgIpc) is 2.66. The van der Waals surface area contributed by atoms with Gasteiger partial charge in [-0.2, -0.15) is 0 Å². The topological polar surface area (TPSA) is 220 Å². The number of amides is 4. The highest BCUT2D eigenvalue weighted by atomic mass is 16.4. The number of nitrogens with two attached hydrogens (primary N) is 3. The lowest BCUT2D eigenvalue weighted by Crippen LogP contribution is -2.55. The van der Waals surface area contributed by atoms with E-state index in [0.717, 1.165) is 6.42 Å². The Kier molecular flexibility index (Phi) is 13.0. The number of carbonyl (C=O) groups is 5. The Hall–Kier alpha value is -2.73. The standard InChI is InChI=1S/C18H34N6O6/c1-10(2)15(24-16(27)11(20)5-3-4-8-19)17(28)22-9-14(26)23-12(18(29)30)6-7-13(21)25/h10-12,15H,3-9,19-20H2,1-2H3,(H2,21,25)(H,22,28)(H,23,26)(H,24,27)(H,29,30). The number of aliphatic carboxylic acids is 1. The molecule has 0 aromatic rings. The van der Waals surface area contributed by atoms with Gasteiger partial charge < -0.3 is 38.3 Å². The van der Waals surface area contributed by atoms with Crippen molar-refractivity contribution in [2.24, 2.45) is 23.1 Å². The van der Waals surface area contributed by atoms with E-state index in [9.17, 15) is 24.0 Å². The van der Waals surface area contributed by atoms with Gasteiger partial charge in [-0.25, -0.2) is 4.79 Å². The molecular weight excluding hydrogens is 396 g/mol. The molecular formula is C18H34N6O6. The van der Waals surface area contributed by atoms with Crippen molar-refractivity contribution in [2.75, 3.05) is 13.1 Å². The molecule has 0 aliphatic heterocycles. The quantitative estimate of drug-likeness (QED) is 0.138. The van der Waals surface area contributed by atoms with Gasteiger partial charge in [0.05, 0.1) is 12.6 Å². The van der Waals surface area contributed by atoms with E-state index in [1.165, 1.54) is 0 Å². The monoisotopic (exact) mass is 430 g/mol. The Balaban J connectivity index is 4.69. The van der Waals surface area contributed by atoms with E-state index in [4.69, 9.17) is 22.3 Å². The van der Waals surface area contributed by atoms with Crippen molar-refractivity contribution in [3.63, 3.8) is 0 Å². The summed E-state index contributed by atoms with van der Waals surface area (Å²) in [6.45, 7) is 3.43. The normalized spacial score (nSPS) is 13.8. The first-order valence-corrected chi connectivity index (χ1v) is 9.83. The highest BCUT2D eigenvalue weighted by molar-refractivity contribution is 5.92. The fourth-order valence-corrected chi connectivity index (χ4v) is 2.50. The van der Waals surface area contributed by atoms with Gasteiger partial charge in [0, 0.05) is 6.42 Å². The van der Waals surface area contributed by atoms with Crippen LogP contribution in [0.25, 0.3) is 0 Å². The van der Waals surface area contributed by atoms with Gasteiger partial charge in [0.25, 0.3) is 0 Å². The van der Waals surface area contributed by atoms with E-state index in [2.05, 4.69) is 16.0 Å². The molecule has 4 amide bonds. The van der Waals surface area contributed by atoms with Crippen LogP contribution in [-0.2, 0) is 24.0 Å². The van der Waals surface area contributed by atoms with Gasteiger partial charge in [-0.05, 0) is 31.7 Å². The lowest BCUT2D eigenvalue weighted by atomic mass is 10.0. The Morgan fingerprint density at radius 3 is 2.10 bits per heavy atom. The predicted octanol–water partition coefficient (Wildman–Crippen LogP) is -2.47. The Bertz CT molecular complexity index is 612. The van der Waals surface area contributed by atoms with Crippen molar-refractivity contribution in [3.8, 4) is 0 Å². The highest BCUT2D eigenvalue weighted by Gasteiger charge is 2.27. The van der Waals surface area contributed by atoms with E-state index in [1.54, 1.807) is 13.8 Å². The van der Waals surface area contributed by atoms with Crippen LogP contribution in [0.1, 0.15) is 46.0 Å². The summed E-state index contributed by atoms with van der Waals surface area (Å²) in [5, 5.41) is 16.2. The number of primary amides is 1. The molecule has 12 nitrogen and oxygen atoms in total. The number of nitrogens with one attached hydrogen (secondary N) is 3. The Morgan fingerprint density at radius 1 is 0.967 bits per heavy atom. The summed E-state index contributed by atoms with van der Waals surface area (Å²) in [6.07, 6.45) is 1.47. The molecule has 0 saturated heterocycles. The molecule has 0 aliphatic rings. The first kappa shape index (κ1) is 27.3. The minimum Gasteiger partial charge on any atom is -0.480 e. The van der Waals surface area contributed by atoms with Gasteiger partial charge in [0.2, 0.25) is 23.6 Å². The number of carbonyl (C=O) groups excluding carboxylic acids is 4. The van der Waals surface area contributed by atoms with Crippen LogP contribution in [0.5, 0.6) is 0 Å². The molecule has 12 heteroatoms. The molecule has 3 unspecified atom stereocenters. The van der Waals surface area contributed by atoms with Crippen LogP contribution >= 0.6 is 0 Å². The SMILES string of the molecule is CC(C)C(NC(=O)C(N)CCCCN)C(=O)NCC(=O)NC(CCC(N)=O)C(=O)O. The average molecular weight is 431 g/mol. The summed E-state index contributed by atoms with van der Waals surface area (Å²) in [5.74, 6) is -4.15. The van der Waals surface area contributed by atoms with Gasteiger partial charge in [0.1, 0.15) is 12.1 Å². The smallest absolute Gasteiger partial charge is 0.326 e. The number of unbranched alkanes of at least 4 members (excludes halogenated alkanes) is 1. The zero-order valence-corrected chi connectivity index (χ0v) is 17.5. The highest BCUT2D eigenvalue weighted by Crippen LogP contribution is 2.04. The summed E-state index contributed by atoms with van der Waals surface area (Å²) < 4.78 is 0. The fourth-order valence-electron chi connectivity index (χ4n) is 2.50. The van der Waals surface area contributed by atoms with Gasteiger partial charge >= 0.3 is 5.97 Å². The number of carboxylic acids is 1. The molecule has 0 heterocycles. The zero-order chi connectivity index (χ0) is 23.3. The molecule has 0 bridgehead atoms. The van der Waals surface area contributed by atoms with Crippen molar-refractivity contribution >= 4 is 29.6 Å². The van der Waals surface area contributed by atoms with Crippen LogP contribution in [0.15, 0.2) is 0 Å². The Labute approximate surface area is 175 Å². The Morgan fingerprint density at radius 2 is 1.60 bits per heavy atom. The zero-order valence-electron chi connectivity index (χ0n) is 17.5. The second-order valence-corrected chi connectivity index (χ2v) is 7.30. The molecule has 172 valence electrons. The molecule has 30 heavy (non-hydrogen) atoms. The van der Waals surface area contributed by atoms with Crippen LogP contribution in [0, 0.1) is 5.92 Å². The second kappa shape index (κ2) is 14.3. The first-order chi connectivity index (χ1) is 14.0. The third-order valence-electron chi connectivity index (χ3n) is 4.29. The van der Waals surface area contributed by atoms with Gasteiger partial charge in [0.15, 0.2) is 0 Å². The first-order valence-electron chi connectivity index (χ1n) is 9.83. The van der Waals surface area contributed by atoms with Crippen molar-refractivity contribution in [2.45, 2.75) is 64.1 Å². The molecule has 0 spiro atoms. The number of rotatable bonds is 15. The van der Waals surface area contributed by atoms with E-state index in [0.29, 0.717) is 19.4 Å². The van der Waals surface area contributed by atoms with E-state index >= 15 is 0 Å². The van der Waals surface area contributed by atoms with Gasteiger partial charge in [-0.1, -0.05) is 20.3 Å². The molecule has 0 aromatic heterocycles. The summed E-state index contributed by atoms with van der Waals surface area (Å²) in [5.41, 5.74) is 16.2. The largest absolute Gasteiger partial charge is 0.480 e. The molecule has 0 fully saturated rings. The molecule has 10 N–H and O–H groups in total. The minimum absolute atomic E-state index is 0.170. The van der Waals surface area contributed by atoms with Crippen LogP contribution < -0.4 is 33.2 Å². The second-order valence-electron chi connectivity index (χ2n) is 7.30. The number of hydrogen-bond acceptors (Lipinski definition) is 7. The molecule has 3 atom stereocenters. The predicted molar refractivity (Wildman–Crippen MR) is 109 cm³/mol. The molecule has 0 radical (unpaired) electrons. The van der Waals surface area contributed by atoms with Gasteiger partial charge in [-0.3, -0.25) is 19.2 Å². The molecule has 0 saturated carbocycles. The maximum Gasteiger partial charge on any atom is 0.326 e. The summed E-state index contributed by atoms with van der Waals surface area (Å²) >= 11 is 0. The molecule has 0 aliphatic carbocycles. The van der Waals surface area contributed by atoms with E-state index < -0.39 is 54.3 Å². The maximum atomic E-state index is 12.4. The lowest BCUT2D eigenvalue weighted by molar-refractivity contribution is -0.142. The van der Waals surface area contributed by atoms with E-state index in [-0.39, 0.29) is 18.8 Å².